The van der Waals surface area contributed by atoms with Crippen molar-refractivity contribution in [2.24, 2.45) is 0 Å². The molecule has 4 rings (SSSR count). The van der Waals surface area contributed by atoms with E-state index < -0.39 is 0 Å². The molecular weight excluding hydrogens is 414 g/mol. The molecule has 1 saturated carbocycles. The van der Waals surface area contributed by atoms with E-state index in [4.69, 9.17) is 14.5 Å². The normalized spacial score (nSPS) is 18.0. The summed E-state index contributed by atoms with van der Waals surface area (Å²) in [4.78, 5) is 16.9. The molecule has 164 valence electrons. The van der Waals surface area contributed by atoms with Crippen LogP contribution in [0.2, 0.25) is 0 Å². The first-order valence-corrected chi connectivity index (χ1v) is 10.4. The molecule has 2 aromatic carbocycles. The molecule has 0 atom stereocenters. The number of pyridine rings is 1. The monoisotopic (exact) mass is 441 g/mol. The fourth-order valence-corrected chi connectivity index (χ4v) is 3.85. The lowest BCUT2D eigenvalue weighted by Gasteiger charge is -2.30. The molecule has 3 aromatic rings. The van der Waals surface area contributed by atoms with Gasteiger partial charge in [0.25, 0.3) is 5.91 Å². The molecule has 0 saturated heterocycles. The summed E-state index contributed by atoms with van der Waals surface area (Å²) in [6.07, 6.45) is 3.87. The SMILES string of the molecule is COc1cccc(OCC(=O)N[C@H]2CC[C@@H](Nc3ccc4ccccc4n3)CC2)c1.Cl. The van der Waals surface area contributed by atoms with Crippen LogP contribution in [0.5, 0.6) is 11.5 Å². The van der Waals surface area contributed by atoms with Crippen LogP contribution in [0.4, 0.5) is 5.82 Å². The summed E-state index contributed by atoms with van der Waals surface area (Å²) >= 11 is 0. The van der Waals surface area contributed by atoms with E-state index in [1.54, 1.807) is 13.2 Å². The van der Waals surface area contributed by atoms with Gasteiger partial charge in [-0.15, -0.1) is 12.4 Å². The standard InChI is InChI=1S/C24H27N3O3.ClH/c1-29-20-6-4-7-21(15-20)30-16-24(28)26-19-12-10-18(11-13-19)25-23-14-9-17-5-2-3-8-22(17)27-23;/h2-9,14-15,18-19H,10-13,16H2,1H3,(H,25,27)(H,26,28);1H/t18-,19+;. The number of benzene rings is 2. The fourth-order valence-electron chi connectivity index (χ4n) is 3.85. The van der Waals surface area contributed by atoms with Crippen molar-refractivity contribution in [3.8, 4) is 11.5 Å². The van der Waals surface area contributed by atoms with E-state index in [1.807, 2.05) is 42.5 Å². The van der Waals surface area contributed by atoms with Gasteiger partial charge in [-0.3, -0.25) is 4.79 Å². The van der Waals surface area contributed by atoms with E-state index in [0.717, 1.165) is 42.4 Å². The first kappa shape index (κ1) is 22.7. The Morgan fingerprint density at radius 1 is 0.968 bits per heavy atom. The topological polar surface area (TPSA) is 72.5 Å². The van der Waals surface area contributed by atoms with Crippen molar-refractivity contribution in [2.75, 3.05) is 19.0 Å². The number of carbonyl (C=O) groups excluding carboxylic acids is 1. The number of ether oxygens (including phenoxy) is 2. The Balaban J connectivity index is 0.00000272. The third kappa shape index (κ3) is 6.25. The van der Waals surface area contributed by atoms with Crippen molar-refractivity contribution < 1.29 is 14.3 Å². The van der Waals surface area contributed by atoms with Gasteiger partial charge in [0.1, 0.15) is 17.3 Å². The van der Waals surface area contributed by atoms with Crippen LogP contribution < -0.4 is 20.1 Å². The molecule has 7 heteroatoms. The lowest BCUT2D eigenvalue weighted by Crippen LogP contribution is -2.42. The molecule has 0 spiro atoms. The molecule has 1 aromatic heterocycles. The lowest BCUT2D eigenvalue weighted by atomic mass is 9.91. The highest BCUT2D eigenvalue weighted by molar-refractivity contribution is 5.85. The summed E-state index contributed by atoms with van der Waals surface area (Å²) in [5.74, 6) is 2.15. The number of amides is 1. The highest BCUT2D eigenvalue weighted by atomic mass is 35.5. The van der Waals surface area contributed by atoms with Crippen molar-refractivity contribution in [3.05, 3.63) is 60.7 Å². The van der Waals surface area contributed by atoms with Gasteiger partial charge >= 0.3 is 0 Å². The summed E-state index contributed by atoms with van der Waals surface area (Å²) in [5.41, 5.74) is 1.000. The number of aromatic nitrogens is 1. The van der Waals surface area contributed by atoms with E-state index >= 15 is 0 Å². The molecule has 6 nitrogen and oxygen atoms in total. The van der Waals surface area contributed by atoms with Gasteiger partial charge in [0.05, 0.1) is 12.6 Å². The summed E-state index contributed by atoms with van der Waals surface area (Å²) in [6.45, 7) is 0.00631. The molecule has 0 radical (unpaired) electrons. The number of hydrogen-bond acceptors (Lipinski definition) is 5. The van der Waals surface area contributed by atoms with Crippen molar-refractivity contribution in [2.45, 2.75) is 37.8 Å². The molecule has 1 amide bonds. The van der Waals surface area contributed by atoms with Crippen molar-refractivity contribution >= 4 is 35.0 Å². The average Bonchev–Trinajstić information content (AvgIpc) is 2.79. The number of rotatable bonds is 7. The van der Waals surface area contributed by atoms with E-state index in [2.05, 4.69) is 22.8 Å². The van der Waals surface area contributed by atoms with Crippen LogP contribution in [0.25, 0.3) is 10.9 Å². The molecule has 0 bridgehead atoms. The quantitative estimate of drug-likeness (QED) is 0.561. The Morgan fingerprint density at radius 2 is 1.71 bits per heavy atom. The first-order valence-electron chi connectivity index (χ1n) is 10.4. The third-order valence-corrected chi connectivity index (χ3v) is 5.45. The summed E-state index contributed by atoms with van der Waals surface area (Å²) in [6, 6.07) is 20.1. The van der Waals surface area contributed by atoms with E-state index in [0.29, 0.717) is 17.5 Å². The lowest BCUT2D eigenvalue weighted by molar-refractivity contribution is -0.124. The van der Waals surface area contributed by atoms with Crippen molar-refractivity contribution in [1.29, 1.82) is 0 Å². The molecule has 2 N–H and O–H groups in total. The highest BCUT2D eigenvalue weighted by Gasteiger charge is 2.22. The number of halogens is 1. The number of hydrogen-bond donors (Lipinski definition) is 2. The maximum atomic E-state index is 12.2. The molecule has 1 aliphatic rings. The number of fused-ring (bicyclic) bond motifs is 1. The average molecular weight is 442 g/mol. The van der Waals surface area contributed by atoms with Gasteiger partial charge in [-0.25, -0.2) is 4.98 Å². The molecule has 1 fully saturated rings. The molecule has 31 heavy (non-hydrogen) atoms. The Kier molecular flexibility index (Phi) is 7.95. The zero-order valence-corrected chi connectivity index (χ0v) is 18.4. The largest absolute Gasteiger partial charge is 0.497 e. The molecule has 0 unspecified atom stereocenters. The van der Waals surface area contributed by atoms with Crippen LogP contribution >= 0.6 is 12.4 Å². The fraction of sp³-hybridized carbons (Fsp3) is 0.333. The molecule has 1 aliphatic carbocycles. The van der Waals surface area contributed by atoms with Crippen LogP contribution in [0.15, 0.2) is 60.7 Å². The van der Waals surface area contributed by atoms with Crippen molar-refractivity contribution in [3.63, 3.8) is 0 Å². The maximum absolute atomic E-state index is 12.2. The zero-order chi connectivity index (χ0) is 20.8. The van der Waals surface area contributed by atoms with Crippen LogP contribution in [0.3, 0.4) is 0 Å². The second-order valence-electron chi connectivity index (χ2n) is 7.62. The molecule has 1 heterocycles. The number of para-hydroxylation sites is 1. The Hall–Kier alpha value is -2.99. The number of anilines is 1. The predicted molar refractivity (Wildman–Crippen MR) is 125 cm³/mol. The van der Waals surface area contributed by atoms with E-state index in [-0.39, 0.29) is 31.0 Å². The number of nitrogens with one attached hydrogen (secondary N) is 2. The van der Waals surface area contributed by atoms with Gasteiger partial charge in [0.2, 0.25) is 0 Å². The number of nitrogens with zero attached hydrogens (tertiary/aromatic N) is 1. The minimum Gasteiger partial charge on any atom is -0.497 e. The minimum atomic E-state index is -0.0922. The van der Waals surface area contributed by atoms with Gasteiger partial charge < -0.3 is 20.1 Å². The number of carbonyl (C=O) groups is 1. The van der Waals surface area contributed by atoms with E-state index in [1.165, 1.54) is 0 Å². The van der Waals surface area contributed by atoms with Gasteiger partial charge in [0.15, 0.2) is 6.61 Å². The van der Waals surface area contributed by atoms with Crippen LogP contribution in [0, 0.1) is 0 Å². The third-order valence-electron chi connectivity index (χ3n) is 5.45. The Morgan fingerprint density at radius 3 is 2.52 bits per heavy atom. The summed E-state index contributed by atoms with van der Waals surface area (Å²) in [5, 5.41) is 7.78. The van der Waals surface area contributed by atoms with Gasteiger partial charge in [-0.2, -0.15) is 0 Å². The second-order valence-corrected chi connectivity index (χ2v) is 7.62. The minimum absolute atomic E-state index is 0. The summed E-state index contributed by atoms with van der Waals surface area (Å²) < 4.78 is 10.7. The Bertz CT molecular complexity index is 1010. The van der Waals surface area contributed by atoms with Crippen LogP contribution in [0.1, 0.15) is 25.7 Å². The van der Waals surface area contributed by atoms with Crippen LogP contribution in [-0.2, 0) is 4.79 Å². The molecular formula is C24H28ClN3O3. The van der Waals surface area contributed by atoms with Gasteiger partial charge in [-0.05, 0) is 56.0 Å². The highest BCUT2D eigenvalue weighted by Crippen LogP contribution is 2.23. The summed E-state index contributed by atoms with van der Waals surface area (Å²) in [7, 11) is 1.60. The molecule has 0 aliphatic heterocycles. The van der Waals surface area contributed by atoms with Gasteiger partial charge in [0, 0.05) is 23.5 Å². The smallest absolute Gasteiger partial charge is 0.258 e. The predicted octanol–water partition coefficient (Wildman–Crippen LogP) is 4.58. The van der Waals surface area contributed by atoms with Gasteiger partial charge in [-0.1, -0.05) is 24.3 Å². The second kappa shape index (κ2) is 10.9. The number of methoxy groups -OCH3 is 1. The van der Waals surface area contributed by atoms with Crippen LogP contribution in [-0.4, -0.2) is 36.7 Å². The zero-order valence-electron chi connectivity index (χ0n) is 17.5. The van der Waals surface area contributed by atoms with E-state index in [9.17, 15) is 4.79 Å². The maximum Gasteiger partial charge on any atom is 0.258 e. The Labute approximate surface area is 188 Å². The van der Waals surface area contributed by atoms with Crippen molar-refractivity contribution in [1.82, 2.24) is 10.3 Å². The first-order chi connectivity index (χ1) is 14.7.